The molecule has 1 heterocycles. The minimum atomic E-state index is 0.460. The molecule has 1 aromatic rings. The lowest BCUT2D eigenvalue weighted by atomic mass is 10.1. The van der Waals surface area contributed by atoms with Gasteiger partial charge in [-0.1, -0.05) is 23.7 Å². The van der Waals surface area contributed by atoms with Gasteiger partial charge in [0.05, 0.1) is 13.2 Å². The maximum absolute atomic E-state index is 6.36. The highest BCUT2D eigenvalue weighted by molar-refractivity contribution is 6.31. The van der Waals surface area contributed by atoms with Crippen molar-refractivity contribution < 1.29 is 4.74 Å². The van der Waals surface area contributed by atoms with E-state index in [1.165, 1.54) is 24.0 Å². The topological polar surface area (TPSA) is 24.5 Å². The van der Waals surface area contributed by atoms with E-state index in [1.807, 2.05) is 0 Å². The van der Waals surface area contributed by atoms with Crippen molar-refractivity contribution in [1.82, 2.24) is 10.2 Å². The summed E-state index contributed by atoms with van der Waals surface area (Å²) in [7, 11) is 0. The van der Waals surface area contributed by atoms with Gasteiger partial charge in [-0.15, -0.1) is 0 Å². The molecule has 0 radical (unpaired) electrons. The summed E-state index contributed by atoms with van der Waals surface area (Å²) < 4.78 is 5.64. The first-order valence-electron chi connectivity index (χ1n) is 7.52. The first-order valence-corrected chi connectivity index (χ1v) is 7.90. The van der Waals surface area contributed by atoms with E-state index in [0.29, 0.717) is 6.04 Å². The van der Waals surface area contributed by atoms with Crippen LogP contribution in [-0.2, 0) is 11.3 Å². The Morgan fingerprint density at radius 1 is 1.40 bits per heavy atom. The number of morpholine rings is 1. The molecule has 20 heavy (non-hydrogen) atoms. The summed E-state index contributed by atoms with van der Waals surface area (Å²) in [5.41, 5.74) is 2.43. The maximum Gasteiger partial charge on any atom is 0.0635 e. The van der Waals surface area contributed by atoms with Crippen LogP contribution in [0.4, 0.5) is 0 Å². The minimum absolute atomic E-state index is 0.460. The molecule has 0 aromatic heterocycles. The molecule has 0 bridgehead atoms. The number of nitrogens with one attached hydrogen (secondary N) is 1. The van der Waals surface area contributed by atoms with Crippen molar-refractivity contribution in [3.63, 3.8) is 0 Å². The normalized spacial score (nSPS) is 24.0. The van der Waals surface area contributed by atoms with Crippen molar-refractivity contribution in [3.8, 4) is 0 Å². The van der Waals surface area contributed by atoms with Gasteiger partial charge in [0.15, 0.2) is 0 Å². The van der Waals surface area contributed by atoms with E-state index in [4.69, 9.17) is 16.3 Å². The summed E-state index contributed by atoms with van der Waals surface area (Å²) in [6.45, 7) is 6.65. The first kappa shape index (κ1) is 14.3. The van der Waals surface area contributed by atoms with Gasteiger partial charge in [-0.2, -0.15) is 0 Å². The van der Waals surface area contributed by atoms with Crippen LogP contribution in [0.5, 0.6) is 0 Å². The van der Waals surface area contributed by atoms with Gasteiger partial charge in [0.25, 0.3) is 0 Å². The lowest BCUT2D eigenvalue weighted by molar-refractivity contribution is -0.0110. The van der Waals surface area contributed by atoms with Crippen molar-refractivity contribution in [2.45, 2.75) is 38.4 Å². The third-order valence-electron chi connectivity index (χ3n) is 4.15. The number of nitrogens with zero attached hydrogens (tertiary/aromatic N) is 1. The summed E-state index contributed by atoms with van der Waals surface area (Å²) in [6.07, 6.45) is 2.66. The third kappa shape index (κ3) is 3.73. The van der Waals surface area contributed by atoms with Crippen LogP contribution in [0.15, 0.2) is 18.2 Å². The predicted octanol–water partition coefficient (Wildman–Crippen LogP) is 2.60. The highest BCUT2D eigenvalue weighted by Gasteiger charge is 2.27. The largest absolute Gasteiger partial charge is 0.378 e. The zero-order chi connectivity index (χ0) is 13.9. The van der Waals surface area contributed by atoms with Crippen molar-refractivity contribution in [3.05, 3.63) is 34.3 Å². The van der Waals surface area contributed by atoms with Crippen molar-refractivity contribution in [2.75, 3.05) is 26.3 Å². The first-order chi connectivity index (χ1) is 9.72. The smallest absolute Gasteiger partial charge is 0.0635 e. The number of hydrogen-bond acceptors (Lipinski definition) is 3. The average Bonchev–Trinajstić information content (AvgIpc) is 3.25. The van der Waals surface area contributed by atoms with Gasteiger partial charge < -0.3 is 10.1 Å². The van der Waals surface area contributed by atoms with Gasteiger partial charge in [-0.05, 0) is 37.0 Å². The van der Waals surface area contributed by atoms with Crippen LogP contribution in [-0.4, -0.2) is 43.3 Å². The van der Waals surface area contributed by atoms with E-state index >= 15 is 0 Å². The van der Waals surface area contributed by atoms with Crippen LogP contribution in [0.25, 0.3) is 0 Å². The minimum Gasteiger partial charge on any atom is -0.378 e. The van der Waals surface area contributed by atoms with Gasteiger partial charge in [-0.3, -0.25) is 4.90 Å². The van der Waals surface area contributed by atoms with Crippen LogP contribution >= 0.6 is 11.6 Å². The molecule has 2 fully saturated rings. The van der Waals surface area contributed by atoms with Crippen LogP contribution in [0.1, 0.15) is 24.0 Å². The summed E-state index contributed by atoms with van der Waals surface area (Å²) in [6, 6.07) is 7.55. The van der Waals surface area contributed by atoms with Crippen LogP contribution < -0.4 is 5.32 Å². The molecule has 1 aliphatic heterocycles. The number of benzene rings is 1. The second-order valence-electron chi connectivity index (χ2n) is 5.98. The Balaban J connectivity index is 1.62. The van der Waals surface area contributed by atoms with E-state index in [9.17, 15) is 0 Å². The van der Waals surface area contributed by atoms with E-state index in [2.05, 4.69) is 35.3 Å². The molecule has 1 N–H and O–H groups in total. The molecule has 1 atom stereocenters. The molecule has 3 rings (SSSR count). The van der Waals surface area contributed by atoms with E-state index < -0.39 is 0 Å². The SMILES string of the molecule is Cc1ccc(CN2CCOCC2CNC2CC2)c(Cl)c1. The highest BCUT2D eigenvalue weighted by Crippen LogP contribution is 2.22. The Bertz CT molecular complexity index is 462. The van der Waals surface area contributed by atoms with Gasteiger partial charge in [-0.25, -0.2) is 0 Å². The van der Waals surface area contributed by atoms with Gasteiger partial charge in [0.1, 0.15) is 0 Å². The maximum atomic E-state index is 6.36. The van der Waals surface area contributed by atoms with E-state index in [0.717, 1.165) is 43.9 Å². The Hall–Kier alpha value is -0.610. The number of halogens is 1. The molecule has 1 aliphatic carbocycles. The van der Waals surface area contributed by atoms with Crippen LogP contribution in [0.2, 0.25) is 5.02 Å². The molecule has 4 heteroatoms. The molecule has 0 amide bonds. The molecule has 0 spiro atoms. The zero-order valence-corrected chi connectivity index (χ0v) is 12.8. The zero-order valence-electron chi connectivity index (χ0n) is 12.1. The fourth-order valence-corrected chi connectivity index (χ4v) is 2.97. The molecular formula is C16H23ClN2O. The quantitative estimate of drug-likeness (QED) is 0.903. The Labute approximate surface area is 126 Å². The summed E-state index contributed by atoms with van der Waals surface area (Å²) in [5.74, 6) is 0. The molecule has 1 saturated heterocycles. The molecule has 1 saturated carbocycles. The lowest BCUT2D eigenvalue weighted by Gasteiger charge is -2.36. The van der Waals surface area contributed by atoms with Gasteiger partial charge in [0.2, 0.25) is 0 Å². The summed E-state index contributed by atoms with van der Waals surface area (Å²) in [4.78, 5) is 2.50. The standard InChI is InChI=1S/C16H23ClN2O/c1-12-2-3-13(16(17)8-12)10-19-6-7-20-11-15(19)9-18-14-4-5-14/h2-3,8,14-15,18H,4-7,9-11H2,1H3. The molecule has 2 aliphatic rings. The number of ether oxygens (including phenoxy) is 1. The average molecular weight is 295 g/mol. The summed E-state index contributed by atoms with van der Waals surface area (Å²) in [5, 5.41) is 4.49. The summed E-state index contributed by atoms with van der Waals surface area (Å²) >= 11 is 6.36. The Kier molecular flexibility index (Phi) is 4.61. The van der Waals surface area contributed by atoms with Crippen molar-refractivity contribution in [2.24, 2.45) is 0 Å². The highest BCUT2D eigenvalue weighted by atomic mass is 35.5. The Morgan fingerprint density at radius 2 is 2.25 bits per heavy atom. The van der Waals surface area contributed by atoms with Crippen molar-refractivity contribution >= 4 is 11.6 Å². The Morgan fingerprint density at radius 3 is 3.00 bits per heavy atom. The molecule has 1 aromatic carbocycles. The number of aryl methyl sites for hydroxylation is 1. The molecule has 3 nitrogen and oxygen atoms in total. The second-order valence-corrected chi connectivity index (χ2v) is 6.38. The van der Waals surface area contributed by atoms with E-state index in [1.54, 1.807) is 0 Å². The van der Waals surface area contributed by atoms with Crippen LogP contribution in [0, 0.1) is 6.92 Å². The van der Waals surface area contributed by atoms with Crippen LogP contribution in [0.3, 0.4) is 0 Å². The monoisotopic (exact) mass is 294 g/mol. The molecule has 1 unspecified atom stereocenters. The van der Waals surface area contributed by atoms with E-state index in [-0.39, 0.29) is 0 Å². The lowest BCUT2D eigenvalue weighted by Crippen LogP contribution is -2.50. The molecular weight excluding hydrogens is 272 g/mol. The second kappa shape index (κ2) is 6.44. The number of rotatable bonds is 5. The fourth-order valence-electron chi connectivity index (χ4n) is 2.67. The fraction of sp³-hybridized carbons (Fsp3) is 0.625. The molecule has 110 valence electrons. The van der Waals surface area contributed by atoms with Crippen molar-refractivity contribution in [1.29, 1.82) is 0 Å². The van der Waals surface area contributed by atoms with Gasteiger partial charge >= 0.3 is 0 Å². The third-order valence-corrected chi connectivity index (χ3v) is 4.50. The number of hydrogen-bond donors (Lipinski definition) is 1. The van der Waals surface area contributed by atoms with Gasteiger partial charge in [0, 0.05) is 36.7 Å². The predicted molar refractivity (Wildman–Crippen MR) is 82.2 cm³/mol.